The standard InChI is InChI=1S/C15H16N4O2/c1-12(10-19-7-6-17-11-19)18-15(21)14-4-5-16-9-13(14)3-2-8-20/h4-7,9,11-12,20H,8,10H2,1H3,(H,18,21). The van der Waals surface area contributed by atoms with Crippen LogP contribution < -0.4 is 5.32 Å². The Labute approximate surface area is 122 Å². The van der Waals surface area contributed by atoms with Gasteiger partial charge in [0.25, 0.3) is 5.91 Å². The first-order valence-corrected chi connectivity index (χ1v) is 6.51. The molecule has 0 fully saturated rings. The first kappa shape index (κ1) is 14.8. The molecule has 0 aliphatic rings. The van der Waals surface area contributed by atoms with Crippen LogP contribution in [0.1, 0.15) is 22.8 Å². The van der Waals surface area contributed by atoms with Crippen LogP contribution in [0.15, 0.2) is 37.2 Å². The van der Waals surface area contributed by atoms with E-state index in [9.17, 15) is 4.79 Å². The van der Waals surface area contributed by atoms with Gasteiger partial charge in [-0.3, -0.25) is 9.78 Å². The second kappa shape index (κ2) is 7.22. The van der Waals surface area contributed by atoms with E-state index in [-0.39, 0.29) is 18.6 Å². The lowest BCUT2D eigenvalue weighted by Gasteiger charge is -2.15. The topological polar surface area (TPSA) is 80.0 Å². The Morgan fingerprint density at radius 1 is 1.48 bits per heavy atom. The molecule has 2 rings (SSSR count). The molecule has 21 heavy (non-hydrogen) atoms. The number of nitrogens with zero attached hydrogens (tertiary/aromatic N) is 3. The van der Waals surface area contributed by atoms with E-state index in [0.29, 0.717) is 17.7 Å². The Morgan fingerprint density at radius 2 is 2.33 bits per heavy atom. The molecule has 2 N–H and O–H groups in total. The molecule has 0 bridgehead atoms. The molecule has 0 radical (unpaired) electrons. The van der Waals surface area contributed by atoms with E-state index in [1.165, 1.54) is 6.20 Å². The van der Waals surface area contributed by atoms with Crippen molar-refractivity contribution < 1.29 is 9.90 Å². The molecule has 0 spiro atoms. The zero-order valence-corrected chi connectivity index (χ0v) is 11.7. The van der Waals surface area contributed by atoms with Gasteiger partial charge >= 0.3 is 0 Å². The second-order valence-electron chi connectivity index (χ2n) is 4.52. The zero-order chi connectivity index (χ0) is 15.1. The predicted molar refractivity (Wildman–Crippen MR) is 77.4 cm³/mol. The third-order valence-corrected chi connectivity index (χ3v) is 2.79. The number of pyridine rings is 1. The summed E-state index contributed by atoms with van der Waals surface area (Å²) in [6.45, 7) is 2.29. The van der Waals surface area contributed by atoms with Gasteiger partial charge in [-0.25, -0.2) is 4.98 Å². The van der Waals surface area contributed by atoms with Gasteiger partial charge in [0.05, 0.1) is 17.5 Å². The second-order valence-corrected chi connectivity index (χ2v) is 4.52. The Hall–Kier alpha value is -2.65. The Kier molecular flexibility index (Phi) is 5.07. The number of imidazole rings is 1. The highest BCUT2D eigenvalue weighted by molar-refractivity contribution is 5.96. The van der Waals surface area contributed by atoms with Gasteiger partial charge in [0.2, 0.25) is 0 Å². The number of rotatable bonds is 4. The summed E-state index contributed by atoms with van der Waals surface area (Å²) < 4.78 is 1.89. The Bertz CT molecular complexity index is 656. The van der Waals surface area contributed by atoms with Crippen molar-refractivity contribution in [3.8, 4) is 11.8 Å². The molecule has 0 aromatic carbocycles. The van der Waals surface area contributed by atoms with Gasteiger partial charge in [-0.2, -0.15) is 0 Å². The van der Waals surface area contributed by atoms with E-state index in [1.807, 2.05) is 17.7 Å². The fourth-order valence-electron chi connectivity index (χ4n) is 1.88. The number of hydrogen-bond acceptors (Lipinski definition) is 4. The summed E-state index contributed by atoms with van der Waals surface area (Å²) in [7, 11) is 0. The number of aliphatic hydroxyl groups is 1. The molecule has 2 aromatic rings. The third kappa shape index (κ3) is 4.16. The maximum Gasteiger partial charge on any atom is 0.252 e. The molecule has 1 unspecified atom stereocenters. The largest absolute Gasteiger partial charge is 0.384 e. The molecular weight excluding hydrogens is 268 g/mol. The molecular formula is C15H16N4O2. The average Bonchev–Trinajstić information content (AvgIpc) is 2.98. The van der Waals surface area contributed by atoms with Crippen molar-refractivity contribution in [3.63, 3.8) is 0 Å². The van der Waals surface area contributed by atoms with E-state index < -0.39 is 0 Å². The molecule has 0 aliphatic heterocycles. The van der Waals surface area contributed by atoms with Crippen molar-refractivity contribution in [1.82, 2.24) is 19.9 Å². The number of amides is 1. The van der Waals surface area contributed by atoms with Gasteiger partial charge in [0.1, 0.15) is 6.61 Å². The van der Waals surface area contributed by atoms with Gasteiger partial charge in [0.15, 0.2) is 0 Å². The fraction of sp³-hybridized carbons (Fsp3) is 0.267. The number of aromatic nitrogens is 3. The van der Waals surface area contributed by atoms with E-state index in [1.54, 1.807) is 24.8 Å². The number of hydrogen-bond donors (Lipinski definition) is 2. The minimum atomic E-state index is -0.257. The summed E-state index contributed by atoms with van der Waals surface area (Å²) in [5.74, 6) is 5.03. The van der Waals surface area contributed by atoms with Crippen LogP contribution in [0.5, 0.6) is 0 Å². The van der Waals surface area contributed by atoms with Crippen molar-refractivity contribution in [2.24, 2.45) is 0 Å². The zero-order valence-electron chi connectivity index (χ0n) is 11.7. The lowest BCUT2D eigenvalue weighted by molar-refractivity contribution is 0.0936. The van der Waals surface area contributed by atoms with E-state index in [2.05, 4.69) is 27.1 Å². The summed E-state index contributed by atoms with van der Waals surface area (Å²) in [4.78, 5) is 20.2. The summed E-state index contributed by atoms with van der Waals surface area (Å²) in [5, 5.41) is 11.6. The Balaban J connectivity index is 2.06. The molecule has 2 heterocycles. The van der Waals surface area contributed by atoms with Crippen LogP contribution in [0.4, 0.5) is 0 Å². The molecule has 108 valence electrons. The molecule has 0 aliphatic carbocycles. The molecule has 1 amide bonds. The van der Waals surface area contributed by atoms with E-state index in [4.69, 9.17) is 5.11 Å². The monoisotopic (exact) mass is 284 g/mol. The normalized spacial score (nSPS) is 11.3. The first-order chi connectivity index (χ1) is 10.2. The SMILES string of the molecule is CC(Cn1ccnc1)NC(=O)c1ccncc1C#CCO. The first-order valence-electron chi connectivity index (χ1n) is 6.51. The van der Waals surface area contributed by atoms with Crippen LogP contribution >= 0.6 is 0 Å². The van der Waals surface area contributed by atoms with Crippen molar-refractivity contribution in [2.75, 3.05) is 6.61 Å². The van der Waals surface area contributed by atoms with Gasteiger partial charge in [-0.1, -0.05) is 11.8 Å². The minimum absolute atomic E-state index is 0.0569. The van der Waals surface area contributed by atoms with Crippen molar-refractivity contribution in [1.29, 1.82) is 0 Å². The molecule has 0 saturated carbocycles. The summed E-state index contributed by atoms with van der Waals surface area (Å²) in [6.07, 6.45) is 8.29. The molecule has 2 aromatic heterocycles. The van der Waals surface area contributed by atoms with Crippen molar-refractivity contribution in [2.45, 2.75) is 19.5 Å². The van der Waals surface area contributed by atoms with E-state index in [0.717, 1.165) is 0 Å². The molecule has 0 saturated heterocycles. The molecule has 1 atom stereocenters. The summed E-state index contributed by atoms with van der Waals surface area (Å²) >= 11 is 0. The minimum Gasteiger partial charge on any atom is -0.384 e. The quantitative estimate of drug-likeness (QED) is 0.798. The maximum atomic E-state index is 12.3. The highest BCUT2D eigenvalue weighted by atomic mass is 16.2. The van der Waals surface area contributed by atoms with Crippen LogP contribution in [-0.2, 0) is 6.54 Å². The van der Waals surface area contributed by atoms with E-state index >= 15 is 0 Å². The lowest BCUT2D eigenvalue weighted by Crippen LogP contribution is -2.35. The van der Waals surface area contributed by atoms with Crippen molar-refractivity contribution >= 4 is 5.91 Å². The molecule has 6 heteroatoms. The maximum absolute atomic E-state index is 12.3. The predicted octanol–water partition coefficient (Wildman–Crippen LogP) is 0.440. The van der Waals surface area contributed by atoms with Gasteiger partial charge < -0.3 is 15.0 Å². The smallest absolute Gasteiger partial charge is 0.252 e. The van der Waals surface area contributed by atoms with Gasteiger partial charge in [-0.15, -0.1) is 0 Å². The highest BCUT2D eigenvalue weighted by Gasteiger charge is 2.13. The van der Waals surface area contributed by atoms with Crippen LogP contribution in [-0.4, -0.2) is 38.2 Å². The number of aliphatic hydroxyl groups excluding tert-OH is 1. The average molecular weight is 284 g/mol. The fourth-order valence-corrected chi connectivity index (χ4v) is 1.88. The number of carbonyl (C=O) groups excluding carboxylic acids is 1. The number of carbonyl (C=O) groups is 1. The van der Waals surface area contributed by atoms with Crippen LogP contribution in [0, 0.1) is 11.8 Å². The third-order valence-electron chi connectivity index (χ3n) is 2.79. The summed E-state index contributed by atoms with van der Waals surface area (Å²) in [5.41, 5.74) is 0.947. The van der Waals surface area contributed by atoms with Crippen LogP contribution in [0.3, 0.4) is 0 Å². The van der Waals surface area contributed by atoms with Crippen LogP contribution in [0.25, 0.3) is 0 Å². The Morgan fingerprint density at radius 3 is 3.05 bits per heavy atom. The van der Waals surface area contributed by atoms with Gasteiger partial charge in [-0.05, 0) is 13.0 Å². The molecule has 6 nitrogen and oxygen atoms in total. The van der Waals surface area contributed by atoms with Crippen molar-refractivity contribution in [3.05, 3.63) is 48.3 Å². The van der Waals surface area contributed by atoms with Crippen LogP contribution in [0.2, 0.25) is 0 Å². The lowest BCUT2D eigenvalue weighted by atomic mass is 10.1. The summed E-state index contributed by atoms with van der Waals surface area (Å²) in [6, 6.07) is 1.55. The highest BCUT2D eigenvalue weighted by Crippen LogP contribution is 2.06. The van der Waals surface area contributed by atoms with Gasteiger partial charge in [0, 0.05) is 37.4 Å². The number of nitrogens with one attached hydrogen (secondary N) is 1.